The topological polar surface area (TPSA) is 90.0 Å². The Kier molecular flexibility index (Phi) is 5.44. The Morgan fingerprint density at radius 3 is 2.23 bits per heavy atom. The molecule has 0 aromatic heterocycles. The maximum Gasteiger partial charge on any atom is 0.335 e. The van der Waals surface area contributed by atoms with E-state index in [-0.39, 0.29) is 23.4 Å². The molecule has 1 aromatic carbocycles. The number of piperidine rings is 1. The Bertz CT molecular complexity index is 705. The number of amides is 3. The fraction of sp³-hybridized carbons (Fsp3) is 0.526. The summed E-state index contributed by atoms with van der Waals surface area (Å²) in [4.78, 5) is 39.7. The second kappa shape index (κ2) is 7.76. The number of aryl methyl sites for hydroxylation is 1. The minimum atomic E-state index is -0.976. The van der Waals surface area contributed by atoms with Crippen molar-refractivity contribution in [1.29, 1.82) is 0 Å². The molecular formula is C19H25N3O4. The molecule has 3 amide bonds. The van der Waals surface area contributed by atoms with Gasteiger partial charge in [-0.2, -0.15) is 0 Å². The maximum atomic E-state index is 12.5. The van der Waals surface area contributed by atoms with E-state index in [1.54, 1.807) is 19.1 Å². The van der Waals surface area contributed by atoms with Crippen molar-refractivity contribution in [3.8, 4) is 0 Å². The molecule has 7 heteroatoms. The van der Waals surface area contributed by atoms with Crippen LogP contribution in [0.25, 0.3) is 0 Å². The summed E-state index contributed by atoms with van der Waals surface area (Å²) in [6.45, 7) is 4.59. The predicted molar refractivity (Wildman–Crippen MR) is 97.3 cm³/mol. The molecule has 0 aliphatic carbocycles. The molecule has 2 aliphatic heterocycles. The molecule has 2 heterocycles. The lowest BCUT2D eigenvalue weighted by atomic mass is 9.96. The molecule has 7 nitrogen and oxygen atoms in total. The Morgan fingerprint density at radius 1 is 1.04 bits per heavy atom. The molecule has 2 fully saturated rings. The van der Waals surface area contributed by atoms with Crippen LogP contribution in [0.3, 0.4) is 0 Å². The van der Waals surface area contributed by atoms with Gasteiger partial charge in [0.05, 0.1) is 5.56 Å². The third-order valence-corrected chi connectivity index (χ3v) is 5.24. The van der Waals surface area contributed by atoms with Gasteiger partial charge in [0.2, 0.25) is 5.91 Å². The summed E-state index contributed by atoms with van der Waals surface area (Å²) in [6, 6.07) is 4.89. The molecule has 0 bridgehead atoms. The van der Waals surface area contributed by atoms with E-state index >= 15 is 0 Å². The lowest BCUT2D eigenvalue weighted by molar-refractivity contribution is -0.121. The number of nitrogens with zero attached hydrogens (tertiary/aromatic N) is 2. The summed E-state index contributed by atoms with van der Waals surface area (Å²) >= 11 is 0. The van der Waals surface area contributed by atoms with Crippen LogP contribution < -0.4 is 5.32 Å². The Labute approximate surface area is 153 Å². The molecule has 0 spiro atoms. The third kappa shape index (κ3) is 3.98. The number of hydrogen-bond acceptors (Lipinski definition) is 3. The minimum Gasteiger partial charge on any atom is -0.478 e. The van der Waals surface area contributed by atoms with Gasteiger partial charge in [-0.1, -0.05) is 0 Å². The zero-order valence-electron chi connectivity index (χ0n) is 15.0. The van der Waals surface area contributed by atoms with Crippen LogP contribution in [-0.2, 0) is 4.79 Å². The van der Waals surface area contributed by atoms with Gasteiger partial charge in [0.25, 0.3) is 0 Å². The van der Waals surface area contributed by atoms with Gasteiger partial charge in [-0.05, 0) is 56.4 Å². The summed E-state index contributed by atoms with van der Waals surface area (Å²) in [5.74, 6) is -1.17. The highest BCUT2D eigenvalue weighted by Gasteiger charge is 2.30. The lowest BCUT2D eigenvalue weighted by Crippen LogP contribution is -2.47. The minimum absolute atomic E-state index is 0.0688. The molecule has 26 heavy (non-hydrogen) atoms. The number of nitrogens with one attached hydrogen (secondary N) is 1. The number of rotatable bonds is 3. The Hall–Kier alpha value is -2.57. The SMILES string of the molecule is Cc1cc(NC(=O)C2CCN(C(=O)N3CCCC3)CC2)ccc1C(=O)O. The normalized spacial score (nSPS) is 18.0. The van der Waals surface area contributed by atoms with Crippen LogP contribution in [0.1, 0.15) is 41.6 Å². The average molecular weight is 359 g/mol. The fourth-order valence-electron chi connectivity index (χ4n) is 3.67. The molecular weight excluding hydrogens is 334 g/mol. The monoisotopic (exact) mass is 359 g/mol. The summed E-state index contributed by atoms with van der Waals surface area (Å²) < 4.78 is 0. The number of anilines is 1. The first-order valence-corrected chi connectivity index (χ1v) is 9.14. The van der Waals surface area contributed by atoms with Crippen molar-refractivity contribution in [2.45, 2.75) is 32.6 Å². The van der Waals surface area contributed by atoms with Crippen LogP contribution in [0.15, 0.2) is 18.2 Å². The van der Waals surface area contributed by atoms with Crippen LogP contribution in [0, 0.1) is 12.8 Å². The van der Waals surface area contributed by atoms with Crippen molar-refractivity contribution in [2.24, 2.45) is 5.92 Å². The van der Waals surface area contributed by atoms with Crippen LogP contribution in [-0.4, -0.2) is 59.0 Å². The van der Waals surface area contributed by atoms with Gasteiger partial charge in [0.1, 0.15) is 0 Å². The molecule has 140 valence electrons. The Morgan fingerprint density at radius 2 is 1.65 bits per heavy atom. The van der Waals surface area contributed by atoms with Crippen molar-refractivity contribution in [3.05, 3.63) is 29.3 Å². The number of aromatic carboxylic acids is 1. The van der Waals surface area contributed by atoms with Crippen molar-refractivity contribution < 1.29 is 19.5 Å². The van der Waals surface area contributed by atoms with Crippen molar-refractivity contribution in [1.82, 2.24) is 9.80 Å². The largest absolute Gasteiger partial charge is 0.478 e. The number of carboxylic acids is 1. The number of carboxylic acid groups (broad SMARTS) is 1. The van der Waals surface area contributed by atoms with E-state index < -0.39 is 5.97 Å². The zero-order chi connectivity index (χ0) is 18.7. The molecule has 2 N–H and O–H groups in total. The fourth-order valence-corrected chi connectivity index (χ4v) is 3.67. The van der Waals surface area contributed by atoms with Crippen LogP contribution in [0.5, 0.6) is 0 Å². The quantitative estimate of drug-likeness (QED) is 0.868. The third-order valence-electron chi connectivity index (χ3n) is 5.24. The van der Waals surface area contributed by atoms with E-state index in [4.69, 9.17) is 5.11 Å². The van der Waals surface area contributed by atoms with Gasteiger partial charge in [-0.15, -0.1) is 0 Å². The average Bonchev–Trinajstić information content (AvgIpc) is 3.15. The van der Waals surface area contributed by atoms with Gasteiger partial charge in [0.15, 0.2) is 0 Å². The number of carbonyl (C=O) groups is 3. The number of hydrogen-bond donors (Lipinski definition) is 2. The van der Waals surface area contributed by atoms with Crippen LogP contribution in [0.4, 0.5) is 10.5 Å². The van der Waals surface area contributed by atoms with E-state index in [1.165, 1.54) is 6.07 Å². The maximum absolute atomic E-state index is 12.5. The standard InChI is InChI=1S/C19H25N3O4/c1-13-12-15(4-5-16(13)18(24)25)20-17(23)14-6-10-22(11-7-14)19(26)21-8-2-3-9-21/h4-5,12,14H,2-3,6-11H2,1H3,(H,20,23)(H,24,25). The van der Waals surface area contributed by atoms with Crippen molar-refractivity contribution in [3.63, 3.8) is 0 Å². The molecule has 3 rings (SSSR count). The van der Waals surface area contributed by atoms with E-state index in [0.29, 0.717) is 37.2 Å². The van der Waals surface area contributed by atoms with Crippen molar-refractivity contribution in [2.75, 3.05) is 31.5 Å². The molecule has 2 saturated heterocycles. The lowest BCUT2D eigenvalue weighted by Gasteiger charge is -2.34. The summed E-state index contributed by atoms with van der Waals surface area (Å²) in [7, 11) is 0. The summed E-state index contributed by atoms with van der Waals surface area (Å²) in [6.07, 6.45) is 3.45. The number of urea groups is 1. The van der Waals surface area contributed by atoms with Gasteiger partial charge < -0.3 is 20.2 Å². The predicted octanol–water partition coefficient (Wildman–Crippen LogP) is 2.56. The van der Waals surface area contributed by atoms with Gasteiger partial charge in [0, 0.05) is 37.8 Å². The van der Waals surface area contributed by atoms with Gasteiger partial charge in [-0.3, -0.25) is 4.79 Å². The van der Waals surface area contributed by atoms with Gasteiger partial charge >= 0.3 is 12.0 Å². The highest BCUT2D eigenvalue weighted by molar-refractivity contribution is 5.94. The number of likely N-dealkylation sites (tertiary alicyclic amines) is 2. The Balaban J connectivity index is 1.53. The smallest absolute Gasteiger partial charge is 0.335 e. The zero-order valence-corrected chi connectivity index (χ0v) is 15.0. The second-order valence-electron chi connectivity index (χ2n) is 7.06. The number of benzene rings is 1. The first kappa shape index (κ1) is 18.2. The highest BCUT2D eigenvalue weighted by atomic mass is 16.4. The molecule has 0 unspecified atom stereocenters. The second-order valence-corrected chi connectivity index (χ2v) is 7.06. The molecule has 0 radical (unpaired) electrons. The first-order chi connectivity index (χ1) is 12.5. The van der Waals surface area contributed by atoms with Gasteiger partial charge in [-0.25, -0.2) is 9.59 Å². The first-order valence-electron chi connectivity index (χ1n) is 9.14. The highest BCUT2D eigenvalue weighted by Crippen LogP contribution is 2.22. The molecule has 2 aliphatic rings. The summed E-state index contributed by atoms with van der Waals surface area (Å²) in [5, 5.41) is 11.9. The molecule has 0 atom stereocenters. The van der Waals surface area contributed by atoms with Crippen molar-refractivity contribution >= 4 is 23.6 Å². The van der Waals surface area contributed by atoms with Crippen LogP contribution >= 0.6 is 0 Å². The summed E-state index contributed by atoms with van der Waals surface area (Å²) in [5.41, 5.74) is 1.45. The van der Waals surface area contributed by atoms with Crippen LogP contribution in [0.2, 0.25) is 0 Å². The van der Waals surface area contributed by atoms with E-state index in [9.17, 15) is 14.4 Å². The van der Waals surface area contributed by atoms with E-state index in [1.807, 2.05) is 9.80 Å². The molecule has 1 aromatic rings. The molecule has 0 saturated carbocycles. The van der Waals surface area contributed by atoms with E-state index in [2.05, 4.69) is 5.32 Å². The number of carbonyl (C=O) groups excluding carboxylic acids is 2. The van der Waals surface area contributed by atoms with E-state index in [0.717, 1.165) is 25.9 Å².